The number of hydrogen-bond donors (Lipinski definition) is 2. The van der Waals surface area contributed by atoms with E-state index in [1.54, 1.807) is 6.07 Å². The lowest BCUT2D eigenvalue weighted by Gasteiger charge is -2.19. The van der Waals surface area contributed by atoms with Crippen LogP contribution in [0, 0.1) is 20.8 Å². The fraction of sp³-hybridized carbons (Fsp3) is 0.111. The zero-order chi connectivity index (χ0) is 22.1. The number of carbonyl (C=O) groups excluding carboxylic acids is 2. The number of aryl methyl sites for hydroxylation is 1. The van der Waals surface area contributed by atoms with E-state index in [1.165, 1.54) is 0 Å². The molecule has 154 valence electrons. The van der Waals surface area contributed by atoms with Crippen molar-refractivity contribution in [1.29, 1.82) is 0 Å². The lowest BCUT2D eigenvalue weighted by molar-refractivity contribution is 0.0999. The summed E-state index contributed by atoms with van der Waals surface area (Å²) in [7, 11) is 0. The predicted octanol–water partition coefficient (Wildman–Crippen LogP) is 5.56. The molecule has 0 saturated heterocycles. The van der Waals surface area contributed by atoms with E-state index in [0.717, 1.165) is 39.1 Å². The summed E-state index contributed by atoms with van der Waals surface area (Å²) in [6.07, 6.45) is 7.53. The molecular formula is C27H24N2O2. The highest BCUT2D eigenvalue weighted by molar-refractivity contribution is 6.17. The molecule has 0 bridgehead atoms. The normalized spacial score (nSPS) is 12.1. The third kappa shape index (κ3) is 3.68. The van der Waals surface area contributed by atoms with Crippen LogP contribution in [0.3, 0.4) is 0 Å². The molecule has 0 atom stereocenters. The van der Waals surface area contributed by atoms with Crippen molar-refractivity contribution >= 4 is 23.5 Å². The first-order chi connectivity index (χ1) is 14.9. The molecule has 1 aliphatic rings. The van der Waals surface area contributed by atoms with Crippen molar-refractivity contribution in [3.05, 3.63) is 106 Å². The summed E-state index contributed by atoms with van der Waals surface area (Å²) in [4.78, 5) is 26.1. The maximum Gasteiger partial charge on any atom is 0.249 e. The van der Waals surface area contributed by atoms with Crippen LogP contribution < -0.4 is 11.1 Å². The first-order valence-electron chi connectivity index (χ1n) is 10.2. The van der Waals surface area contributed by atoms with Gasteiger partial charge < -0.3 is 11.1 Å². The van der Waals surface area contributed by atoms with Gasteiger partial charge in [0.1, 0.15) is 0 Å². The molecule has 3 aromatic rings. The van der Waals surface area contributed by atoms with Gasteiger partial charge in [0.05, 0.1) is 0 Å². The Bertz CT molecular complexity index is 1280. The second-order valence-electron chi connectivity index (χ2n) is 7.79. The van der Waals surface area contributed by atoms with Gasteiger partial charge in [0, 0.05) is 34.1 Å². The van der Waals surface area contributed by atoms with Crippen LogP contribution in [0.4, 0.5) is 5.69 Å². The molecule has 31 heavy (non-hydrogen) atoms. The maximum atomic E-state index is 13.9. The van der Waals surface area contributed by atoms with Crippen molar-refractivity contribution in [1.82, 2.24) is 0 Å². The van der Waals surface area contributed by atoms with Crippen LogP contribution >= 0.6 is 0 Å². The molecule has 1 amide bonds. The zero-order valence-electron chi connectivity index (χ0n) is 17.8. The van der Waals surface area contributed by atoms with Gasteiger partial charge in [-0.05, 0) is 61.2 Å². The van der Waals surface area contributed by atoms with Crippen molar-refractivity contribution in [3.8, 4) is 11.1 Å². The quantitative estimate of drug-likeness (QED) is 0.555. The third-order valence-corrected chi connectivity index (χ3v) is 5.78. The highest BCUT2D eigenvalue weighted by Crippen LogP contribution is 2.35. The number of carbonyl (C=O) groups is 2. The van der Waals surface area contributed by atoms with Crippen LogP contribution in [-0.4, -0.2) is 11.7 Å². The van der Waals surface area contributed by atoms with Crippen LogP contribution in [0.25, 0.3) is 17.2 Å². The molecule has 4 nitrogen and oxygen atoms in total. The van der Waals surface area contributed by atoms with Gasteiger partial charge in [-0.2, -0.15) is 0 Å². The smallest absolute Gasteiger partial charge is 0.249 e. The van der Waals surface area contributed by atoms with Gasteiger partial charge in [0.25, 0.3) is 0 Å². The Morgan fingerprint density at radius 2 is 1.61 bits per heavy atom. The molecule has 1 heterocycles. The second-order valence-corrected chi connectivity index (χ2v) is 7.79. The van der Waals surface area contributed by atoms with E-state index in [0.29, 0.717) is 16.7 Å². The molecule has 3 aromatic carbocycles. The first kappa shape index (κ1) is 20.4. The SMILES string of the molecule is Cc1cccc(-c2c(C(=O)c3cccc4c3C=CC=CN4)cc(C(N)=O)c(C)c2C)c1. The molecule has 1 aliphatic heterocycles. The number of fused-ring (bicyclic) bond motifs is 1. The number of allylic oxidation sites excluding steroid dienone is 2. The summed E-state index contributed by atoms with van der Waals surface area (Å²) < 4.78 is 0. The second kappa shape index (κ2) is 8.07. The van der Waals surface area contributed by atoms with Gasteiger partial charge in [0.2, 0.25) is 5.91 Å². The van der Waals surface area contributed by atoms with Crippen LogP contribution in [0.2, 0.25) is 0 Å². The van der Waals surface area contributed by atoms with E-state index in [4.69, 9.17) is 5.73 Å². The number of benzene rings is 3. The molecule has 0 radical (unpaired) electrons. The van der Waals surface area contributed by atoms with Crippen LogP contribution in [-0.2, 0) is 0 Å². The number of amides is 1. The lowest BCUT2D eigenvalue weighted by Crippen LogP contribution is -2.17. The van der Waals surface area contributed by atoms with Crippen molar-refractivity contribution < 1.29 is 9.59 Å². The minimum absolute atomic E-state index is 0.146. The monoisotopic (exact) mass is 408 g/mol. The van der Waals surface area contributed by atoms with Gasteiger partial charge in [0.15, 0.2) is 5.78 Å². The zero-order valence-corrected chi connectivity index (χ0v) is 17.8. The van der Waals surface area contributed by atoms with Gasteiger partial charge in [-0.25, -0.2) is 0 Å². The third-order valence-electron chi connectivity index (χ3n) is 5.78. The number of primary amides is 1. The lowest BCUT2D eigenvalue weighted by atomic mass is 9.84. The topological polar surface area (TPSA) is 72.2 Å². The van der Waals surface area contributed by atoms with Crippen LogP contribution in [0.5, 0.6) is 0 Å². The Kier molecular flexibility index (Phi) is 5.30. The van der Waals surface area contributed by atoms with Gasteiger partial charge >= 0.3 is 0 Å². The van der Waals surface area contributed by atoms with Crippen LogP contribution in [0.15, 0.2) is 66.9 Å². The molecule has 0 spiro atoms. The Morgan fingerprint density at radius 1 is 0.839 bits per heavy atom. The summed E-state index contributed by atoms with van der Waals surface area (Å²) in [6.45, 7) is 5.83. The largest absolute Gasteiger partial charge is 0.366 e. The average molecular weight is 409 g/mol. The Balaban J connectivity index is 2.00. The van der Waals surface area contributed by atoms with Gasteiger partial charge in [-0.15, -0.1) is 0 Å². The summed E-state index contributed by atoms with van der Waals surface area (Å²) in [5.74, 6) is -0.685. The van der Waals surface area contributed by atoms with E-state index >= 15 is 0 Å². The molecule has 0 unspecified atom stereocenters. The summed E-state index contributed by atoms with van der Waals surface area (Å²) >= 11 is 0. The van der Waals surface area contributed by atoms with Gasteiger partial charge in [-0.3, -0.25) is 9.59 Å². The highest BCUT2D eigenvalue weighted by Gasteiger charge is 2.24. The molecule has 0 aromatic heterocycles. The summed E-state index contributed by atoms with van der Waals surface area (Å²) in [6, 6.07) is 15.3. The molecular weight excluding hydrogens is 384 g/mol. The molecule has 3 N–H and O–H groups in total. The molecule has 0 saturated carbocycles. The van der Waals surface area contributed by atoms with E-state index in [9.17, 15) is 9.59 Å². The van der Waals surface area contributed by atoms with E-state index in [2.05, 4.69) is 11.4 Å². The molecule has 0 aliphatic carbocycles. The number of ketones is 1. The highest BCUT2D eigenvalue weighted by atomic mass is 16.1. The molecule has 4 rings (SSSR count). The fourth-order valence-corrected chi connectivity index (χ4v) is 4.08. The van der Waals surface area contributed by atoms with E-state index < -0.39 is 5.91 Å². The molecule has 4 heteroatoms. The summed E-state index contributed by atoms with van der Waals surface area (Å²) in [5, 5.41) is 3.21. The Hall–Kier alpha value is -3.92. The summed E-state index contributed by atoms with van der Waals surface area (Å²) in [5.41, 5.74) is 13.3. The molecule has 0 fully saturated rings. The number of nitrogens with one attached hydrogen (secondary N) is 1. The number of rotatable bonds is 4. The maximum absolute atomic E-state index is 13.9. The predicted molar refractivity (Wildman–Crippen MR) is 126 cm³/mol. The van der Waals surface area contributed by atoms with E-state index in [-0.39, 0.29) is 5.78 Å². The average Bonchev–Trinajstić information content (AvgIpc) is 3.00. The minimum Gasteiger partial charge on any atom is -0.366 e. The fourth-order valence-electron chi connectivity index (χ4n) is 4.08. The first-order valence-corrected chi connectivity index (χ1v) is 10.2. The number of hydrogen-bond acceptors (Lipinski definition) is 3. The van der Waals surface area contributed by atoms with Crippen molar-refractivity contribution in [2.24, 2.45) is 5.73 Å². The van der Waals surface area contributed by atoms with Crippen molar-refractivity contribution in [3.63, 3.8) is 0 Å². The Morgan fingerprint density at radius 3 is 2.35 bits per heavy atom. The number of nitrogens with two attached hydrogens (primary N) is 1. The van der Waals surface area contributed by atoms with Crippen molar-refractivity contribution in [2.75, 3.05) is 5.32 Å². The minimum atomic E-state index is -0.539. The standard InChI is InChI=1S/C27H24N2O2/c1-16-8-6-9-19(14-16)25-18(3)17(2)22(27(28)31)15-23(25)26(30)21-11-7-12-24-20(21)10-4-5-13-29-24/h4-15,29H,1-3H3,(H2,28,31). The van der Waals surface area contributed by atoms with E-state index in [1.807, 2.05) is 81.6 Å². The van der Waals surface area contributed by atoms with Crippen molar-refractivity contribution in [2.45, 2.75) is 20.8 Å². The Labute approximate surface area is 182 Å². The van der Waals surface area contributed by atoms with Crippen LogP contribution in [0.1, 0.15) is 48.5 Å². The van der Waals surface area contributed by atoms with Gasteiger partial charge in [-0.1, -0.05) is 54.1 Å². The number of anilines is 1.